The fourth-order valence-electron chi connectivity index (χ4n) is 1.99. The molecule has 0 atom stereocenters. The molecule has 0 radical (unpaired) electrons. The first kappa shape index (κ1) is 12.8. The molecule has 8 heteroatoms. The third-order valence-corrected chi connectivity index (χ3v) is 2.92. The zero-order chi connectivity index (χ0) is 13.3. The first-order valence-electron chi connectivity index (χ1n) is 5.54. The SMILES string of the molecule is Cc1nnc(C2CCN(C(=O)C(F)(F)F)CC2)o1. The molecule has 5 nitrogen and oxygen atoms in total. The van der Waals surface area contributed by atoms with Crippen LogP contribution >= 0.6 is 0 Å². The summed E-state index contributed by atoms with van der Waals surface area (Å²) < 4.78 is 41.9. The van der Waals surface area contributed by atoms with Gasteiger partial charge in [-0.15, -0.1) is 10.2 Å². The highest BCUT2D eigenvalue weighted by atomic mass is 19.4. The molecule has 0 spiro atoms. The van der Waals surface area contributed by atoms with Crippen LogP contribution in [0.25, 0.3) is 0 Å². The normalized spacial score (nSPS) is 18.1. The van der Waals surface area contributed by atoms with Gasteiger partial charge in [-0.25, -0.2) is 0 Å². The lowest BCUT2D eigenvalue weighted by Crippen LogP contribution is -2.45. The van der Waals surface area contributed by atoms with Crippen LogP contribution < -0.4 is 0 Å². The van der Waals surface area contributed by atoms with Crippen molar-refractivity contribution in [2.45, 2.75) is 31.9 Å². The summed E-state index contributed by atoms with van der Waals surface area (Å²) in [6, 6.07) is 0. The van der Waals surface area contributed by atoms with Gasteiger partial charge in [-0.2, -0.15) is 13.2 Å². The summed E-state index contributed by atoms with van der Waals surface area (Å²) in [7, 11) is 0. The molecule has 0 N–H and O–H groups in total. The van der Waals surface area contributed by atoms with Gasteiger partial charge in [0.25, 0.3) is 0 Å². The van der Waals surface area contributed by atoms with E-state index in [9.17, 15) is 18.0 Å². The fraction of sp³-hybridized carbons (Fsp3) is 0.700. The van der Waals surface area contributed by atoms with Crippen LogP contribution in [0.1, 0.15) is 30.5 Å². The lowest BCUT2D eigenvalue weighted by Gasteiger charge is -2.30. The smallest absolute Gasteiger partial charge is 0.425 e. The van der Waals surface area contributed by atoms with Crippen LogP contribution in [0.15, 0.2) is 4.42 Å². The van der Waals surface area contributed by atoms with E-state index >= 15 is 0 Å². The molecule has 1 saturated heterocycles. The maximum atomic E-state index is 12.2. The number of aryl methyl sites for hydroxylation is 1. The quantitative estimate of drug-likeness (QED) is 0.773. The Morgan fingerprint density at radius 1 is 1.33 bits per heavy atom. The van der Waals surface area contributed by atoms with Crippen molar-refractivity contribution in [3.63, 3.8) is 0 Å². The largest absolute Gasteiger partial charge is 0.471 e. The van der Waals surface area contributed by atoms with Crippen molar-refractivity contribution in [2.75, 3.05) is 13.1 Å². The zero-order valence-electron chi connectivity index (χ0n) is 9.70. The highest BCUT2D eigenvalue weighted by Gasteiger charge is 2.43. The first-order valence-corrected chi connectivity index (χ1v) is 5.54. The van der Waals surface area contributed by atoms with Gasteiger partial charge in [0.15, 0.2) is 0 Å². The van der Waals surface area contributed by atoms with Crippen molar-refractivity contribution in [1.82, 2.24) is 15.1 Å². The van der Waals surface area contributed by atoms with Gasteiger partial charge in [0.05, 0.1) is 0 Å². The van der Waals surface area contributed by atoms with E-state index in [1.165, 1.54) is 0 Å². The lowest BCUT2D eigenvalue weighted by atomic mass is 9.97. The van der Waals surface area contributed by atoms with Gasteiger partial charge in [-0.05, 0) is 12.8 Å². The Hall–Kier alpha value is -1.60. The third-order valence-electron chi connectivity index (χ3n) is 2.92. The standard InChI is InChI=1S/C10H12F3N3O2/c1-6-14-15-8(18-6)7-2-4-16(5-3-7)9(17)10(11,12)13/h7H,2-5H2,1H3. The van der Waals surface area contributed by atoms with Gasteiger partial charge in [0.1, 0.15) is 0 Å². The molecule has 0 bridgehead atoms. The summed E-state index contributed by atoms with van der Waals surface area (Å²) in [6.45, 7) is 1.77. The second-order valence-electron chi connectivity index (χ2n) is 4.22. The van der Waals surface area contributed by atoms with Crippen molar-refractivity contribution in [3.8, 4) is 0 Å². The minimum absolute atomic E-state index is 0.0600. The summed E-state index contributed by atoms with van der Waals surface area (Å²) in [5.74, 6) is -0.975. The molecule has 0 saturated carbocycles. The van der Waals surface area contributed by atoms with Crippen LogP contribution in [0.2, 0.25) is 0 Å². The average molecular weight is 263 g/mol. The summed E-state index contributed by atoms with van der Waals surface area (Å²) >= 11 is 0. The first-order chi connectivity index (χ1) is 8.38. The number of rotatable bonds is 1. The van der Waals surface area contributed by atoms with Crippen molar-refractivity contribution in [3.05, 3.63) is 11.8 Å². The molecule has 2 heterocycles. The number of halogens is 3. The van der Waals surface area contributed by atoms with Gasteiger partial charge in [-0.3, -0.25) is 4.79 Å². The molecule has 1 aromatic rings. The molecule has 1 aliphatic rings. The van der Waals surface area contributed by atoms with E-state index in [-0.39, 0.29) is 19.0 Å². The highest BCUT2D eigenvalue weighted by molar-refractivity contribution is 5.81. The second-order valence-corrected chi connectivity index (χ2v) is 4.22. The summed E-state index contributed by atoms with van der Waals surface area (Å²) in [4.78, 5) is 11.8. The number of amides is 1. The number of hydrogen-bond donors (Lipinski definition) is 0. The molecule has 2 rings (SSSR count). The van der Waals surface area contributed by atoms with Crippen LogP contribution in [0.5, 0.6) is 0 Å². The maximum Gasteiger partial charge on any atom is 0.471 e. The Morgan fingerprint density at radius 2 is 1.94 bits per heavy atom. The molecular weight excluding hydrogens is 251 g/mol. The lowest BCUT2D eigenvalue weighted by molar-refractivity contribution is -0.186. The Bertz CT molecular complexity index is 436. The molecule has 1 amide bonds. The molecule has 1 aliphatic heterocycles. The molecule has 0 unspecified atom stereocenters. The second kappa shape index (κ2) is 4.58. The zero-order valence-corrected chi connectivity index (χ0v) is 9.70. The van der Waals surface area contributed by atoms with Gasteiger partial charge in [0, 0.05) is 25.9 Å². The van der Waals surface area contributed by atoms with Crippen molar-refractivity contribution < 1.29 is 22.4 Å². The predicted molar refractivity (Wildman–Crippen MR) is 53.6 cm³/mol. The summed E-state index contributed by atoms with van der Waals surface area (Å²) in [5.41, 5.74) is 0. The van der Waals surface area contributed by atoms with Crippen molar-refractivity contribution in [1.29, 1.82) is 0 Å². The number of carbonyl (C=O) groups excluding carboxylic acids is 1. The van der Waals surface area contributed by atoms with Crippen molar-refractivity contribution in [2.24, 2.45) is 0 Å². The highest BCUT2D eigenvalue weighted by Crippen LogP contribution is 2.29. The Labute approximate surface area is 101 Å². The van der Waals surface area contributed by atoms with Gasteiger partial charge >= 0.3 is 12.1 Å². The molecule has 1 aromatic heterocycles. The summed E-state index contributed by atoms with van der Waals surface area (Å²) in [5, 5.41) is 7.52. The number of piperidine rings is 1. The predicted octanol–water partition coefficient (Wildman–Crippen LogP) is 1.65. The van der Waals surface area contributed by atoms with E-state index in [4.69, 9.17) is 4.42 Å². The molecule has 1 fully saturated rings. The van der Waals surface area contributed by atoms with Gasteiger partial charge < -0.3 is 9.32 Å². The van der Waals surface area contributed by atoms with E-state index in [1.54, 1.807) is 6.92 Å². The van der Waals surface area contributed by atoms with Gasteiger partial charge in [0.2, 0.25) is 11.8 Å². The van der Waals surface area contributed by atoms with E-state index < -0.39 is 12.1 Å². The molecule has 0 aromatic carbocycles. The maximum absolute atomic E-state index is 12.2. The molecule has 18 heavy (non-hydrogen) atoms. The van der Waals surface area contributed by atoms with Crippen LogP contribution in [-0.4, -0.2) is 40.3 Å². The van der Waals surface area contributed by atoms with E-state index in [0.717, 1.165) is 4.90 Å². The fourth-order valence-corrected chi connectivity index (χ4v) is 1.99. The number of nitrogens with zero attached hydrogens (tertiary/aromatic N) is 3. The number of carbonyl (C=O) groups is 1. The van der Waals surface area contributed by atoms with Crippen molar-refractivity contribution >= 4 is 5.91 Å². The number of alkyl halides is 3. The minimum Gasteiger partial charge on any atom is -0.425 e. The number of hydrogen-bond acceptors (Lipinski definition) is 4. The van der Waals surface area contributed by atoms with E-state index in [1.807, 2.05) is 0 Å². The van der Waals surface area contributed by atoms with Crippen LogP contribution in [0.3, 0.4) is 0 Å². The van der Waals surface area contributed by atoms with E-state index in [0.29, 0.717) is 24.6 Å². The molecule has 0 aliphatic carbocycles. The third kappa shape index (κ3) is 2.62. The van der Waals surface area contributed by atoms with Gasteiger partial charge in [-0.1, -0.05) is 0 Å². The topological polar surface area (TPSA) is 59.2 Å². The van der Waals surface area contributed by atoms with E-state index in [2.05, 4.69) is 10.2 Å². The van der Waals surface area contributed by atoms with Crippen LogP contribution in [0.4, 0.5) is 13.2 Å². The Morgan fingerprint density at radius 3 is 2.39 bits per heavy atom. The van der Waals surface area contributed by atoms with Crippen LogP contribution in [-0.2, 0) is 4.79 Å². The van der Waals surface area contributed by atoms with Crippen LogP contribution in [0, 0.1) is 6.92 Å². The Kier molecular flexibility index (Phi) is 3.27. The number of aromatic nitrogens is 2. The average Bonchev–Trinajstić information content (AvgIpc) is 2.74. The molecule has 100 valence electrons. The molecular formula is C10H12F3N3O2. The number of likely N-dealkylation sites (tertiary alicyclic amines) is 1. The minimum atomic E-state index is -4.80. The summed E-state index contributed by atoms with van der Waals surface area (Å²) in [6.07, 6.45) is -3.99. The monoisotopic (exact) mass is 263 g/mol. The Balaban J connectivity index is 1.94.